The monoisotopic (exact) mass is 445 g/mol. The van der Waals surface area contributed by atoms with Crippen LogP contribution in [0.3, 0.4) is 0 Å². The molecule has 2 aliphatic rings. The van der Waals surface area contributed by atoms with Gasteiger partial charge in [-0.25, -0.2) is 13.4 Å². The normalized spacial score (nSPS) is 20.1. The van der Waals surface area contributed by atoms with E-state index >= 15 is 0 Å². The van der Waals surface area contributed by atoms with Crippen molar-refractivity contribution in [1.82, 2.24) is 14.3 Å². The minimum Gasteiger partial charge on any atom is -0.473 e. The summed E-state index contributed by atoms with van der Waals surface area (Å²) in [5.74, 6) is 1.36. The molecule has 1 aromatic carbocycles. The highest BCUT2D eigenvalue weighted by Crippen LogP contribution is 2.28. The standard InChI is InChI=1S/C23H31N3O4S/c1-3-17-8-5-6-10-21(17)31(27,28)26-13-7-9-18(16-26)30-23-19-11-14-29-15-12-20(19)24-22(4-2)25-23/h5-6,8,10,18H,3-4,7,9,11-16H2,1-2H3. The molecule has 0 saturated carbocycles. The maximum absolute atomic E-state index is 13.4. The van der Waals surface area contributed by atoms with Gasteiger partial charge in [-0.15, -0.1) is 0 Å². The molecule has 168 valence electrons. The minimum absolute atomic E-state index is 0.231. The summed E-state index contributed by atoms with van der Waals surface area (Å²) in [6, 6.07) is 7.26. The average molecular weight is 446 g/mol. The van der Waals surface area contributed by atoms with Gasteiger partial charge in [0.25, 0.3) is 0 Å². The maximum Gasteiger partial charge on any atom is 0.243 e. The number of rotatable bonds is 6. The number of hydrogen-bond acceptors (Lipinski definition) is 6. The third kappa shape index (κ3) is 4.76. The molecule has 7 nitrogen and oxygen atoms in total. The van der Waals surface area contributed by atoms with Gasteiger partial charge in [0.15, 0.2) is 0 Å². The zero-order valence-corrected chi connectivity index (χ0v) is 19.2. The van der Waals surface area contributed by atoms with Crippen LogP contribution in [0.1, 0.15) is 49.3 Å². The summed E-state index contributed by atoms with van der Waals surface area (Å²) >= 11 is 0. The molecule has 0 aliphatic carbocycles. The quantitative estimate of drug-likeness (QED) is 0.680. The number of sulfonamides is 1. The first-order valence-corrected chi connectivity index (χ1v) is 12.7. The summed E-state index contributed by atoms with van der Waals surface area (Å²) in [5.41, 5.74) is 2.85. The third-order valence-corrected chi connectivity index (χ3v) is 7.95. The number of fused-ring (bicyclic) bond motifs is 1. The van der Waals surface area contributed by atoms with E-state index in [1.165, 1.54) is 0 Å². The SMILES string of the molecule is CCc1nc2c(c(OC3CCCN(S(=O)(=O)c4ccccc4CC)C3)n1)CCOCC2. The molecule has 4 rings (SSSR count). The lowest BCUT2D eigenvalue weighted by Gasteiger charge is -2.32. The number of benzene rings is 1. The van der Waals surface area contributed by atoms with Crippen LogP contribution in [0, 0.1) is 0 Å². The lowest BCUT2D eigenvalue weighted by molar-refractivity contribution is 0.121. The van der Waals surface area contributed by atoms with Gasteiger partial charge in [-0.05, 0) is 30.9 Å². The average Bonchev–Trinajstić information content (AvgIpc) is 3.05. The van der Waals surface area contributed by atoms with E-state index in [4.69, 9.17) is 9.47 Å². The molecule has 2 aliphatic heterocycles. The van der Waals surface area contributed by atoms with Crippen molar-refractivity contribution >= 4 is 10.0 Å². The van der Waals surface area contributed by atoms with Crippen molar-refractivity contribution in [3.63, 3.8) is 0 Å². The Morgan fingerprint density at radius 3 is 2.74 bits per heavy atom. The van der Waals surface area contributed by atoms with Gasteiger partial charge in [-0.2, -0.15) is 9.29 Å². The van der Waals surface area contributed by atoms with Crippen LogP contribution >= 0.6 is 0 Å². The molecule has 0 radical (unpaired) electrons. The number of nitrogens with zero attached hydrogens (tertiary/aromatic N) is 3. The van der Waals surface area contributed by atoms with Crippen LogP contribution in [0.5, 0.6) is 5.88 Å². The minimum atomic E-state index is -3.57. The van der Waals surface area contributed by atoms with Crippen LogP contribution in [-0.2, 0) is 40.4 Å². The molecule has 1 fully saturated rings. The molecule has 1 aromatic heterocycles. The summed E-state index contributed by atoms with van der Waals surface area (Å²) in [6.45, 7) is 6.12. The molecule has 0 bridgehead atoms. The first-order chi connectivity index (χ1) is 15.0. The second-order valence-corrected chi connectivity index (χ2v) is 9.95. The fraction of sp³-hybridized carbons (Fsp3) is 0.565. The number of aromatic nitrogens is 2. The predicted molar refractivity (Wildman–Crippen MR) is 118 cm³/mol. The Bertz CT molecular complexity index is 1030. The molecular weight excluding hydrogens is 414 g/mol. The Morgan fingerprint density at radius 2 is 1.94 bits per heavy atom. The molecule has 8 heteroatoms. The molecule has 0 amide bonds. The van der Waals surface area contributed by atoms with Gasteiger partial charge >= 0.3 is 0 Å². The van der Waals surface area contributed by atoms with E-state index < -0.39 is 10.0 Å². The Morgan fingerprint density at radius 1 is 1.13 bits per heavy atom. The molecule has 0 N–H and O–H groups in total. The van der Waals surface area contributed by atoms with Crippen molar-refractivity contribution in [2.24, 2.45) is 0 Å². The zero-order valence-electron chi connectivity index (χ0n) is 18.3. The topological polar surface area (TPSA) is 81.6 Å². The van der Waals surface area contributed by atoms with Gasteiger partial charge in [0, 0.05) is 31.4 Å². The Balaban J connectivity index is 1.57. The maximum atomic E-state index is 13.4. The zero-order chi connectivity index (χ0) is 21.8. The number of aryl methyl sites for hydroxylation is 2. The van der Waals surface area contributed by atoms with Crippen LogP contribution in [-0.4, -0.2) is 55.1 Å². The molecule has 31 heavy (non-hydrogen) atoms. The van der Waals surface area contributed by atoms with Crippen molar-refractivity contribution < 1.29 is 17.9 Å². The van der Waals surface area contributed by atoms with Crippen LogP contribution in [0.2, 0.25) is 0 Å². The Kier molecular flexibility index (Phi) is 6.89. The van der Waals surface area contributed by atoms with E-state index in [-0.39, 0.29) is 6.10 Å². The largest absolute Gasteiger partial charge is 0.473 e. The van der Waals surface area contributed by atoms with Crippen molar-refractivity contribution in [3.8, 4) is 5.88 Å². The van der Waals surface area contributed by atoms with E-state index in [1.54, 1.807) is 16.4 Å². The van der Waals surface area contributed by atoms with E-state index in [0.29, 0.717) is 49.9 Å². The van der Waals surface area contributed by atoms with Crippen LogP contribution in [0.15, 0.2) is 29.2 Å². The summed E-state index contributed by atoms with van der Waals surface area (Å²) in [7, 11) is -3.57. The first kappa shape index (κ1) is 22.2. The Labute approximate surface area is 184 Å². The molecule has 1 atom stereocenters. The van der Waals surface area contributed by atoms with Gasteiger partial charge in [-0.1, -0.05) is 32.0 Å². The van der Waals surface area contributed by atoms with Crippen molar-refractivity contribution in [2.75, 3.05) is 26.3 Å². The molecule has 1 saturated heterocycles. The molecule has 0 spiro atoms. The molecule has 3 heterocycles. The van der Waals surface area contributed by atoms with E-state index in [1.807, 2.05) is 26.0 Å². The van der Waals surface area contributed by atoms with Gasteiger partial charge in [0.05, 0.1) is 30.3 Å². The summed E-state index contributed by atoms with van der Waals surface area (Å²) in [5, 5.41) is 0. The van der Waals surface area contributed by atoms with Crippen LogP contribution in [0.25, 0.3) is 0 Å². The predicted octanol–water partition coefficient (Wildman–Crippen LogP) is 2.95. The molecule has 2 aromatic rings. The van der Waals surface area contributed by atoms with Crippen molar-refractivity contribution in [2.45, 2.75) is 63.4 Å². The second kappa shape index (κ2) is 9.63. The lowest BCUT2D eigenvalue weighted by atomic mass is 10.1. The third-order valence-electron chi connectivity index (χ3n) is 5.99. The fourth-order valence-corrected chi connectivity index (χ4v) is 6.08. The molecular formula is C23H31N3O4S. The van der Waals surface area contributed by atoms with Gasteiger partial charge in [0.2, 0.25) is 15.9 Å². The van der Waals surface area contributed by atoms with Crippen molar-refractivity contribution in [3.05, 3.63) is 46.9 Å². The van der Waals surface area contributed by atoms with Gasteiger partial charge < -0.3 is 9.47 Å². The number of ether oxygens (including phenoxy) is 2. The van der Waals surface area contributed by atoms with Gasteiger partial charge in [0.1, 0.15) is 11.9 Å². The highest BCUT2D eigenvalue weighted by Gasteiger charge is 2.33. The second-order valence-electron chi connectivity index (χ2n) is 8.04. The van der Waals surface area contributed by atoms with E-state index in [0.717, 1.165) is 48.3 Å². The van der Waals surface area contributed by atoms with E-state index in [2.05, 4.69) is 9.97 Å². The Hall–Kier alpha value is -2.03. The van der Waals surface area contributed by atoms with Crippen LogP contribution in [0.4, 0.5) is 0 Å². The highest BCUT2D eigenvalue weighted by molar-refractivity contribution is 7.89. The number of hydrogen-bond donors (Lipinski definition) is 0. The van der Waals surface area contributed by atoms with Crippen LogP contribution < -0.4 is 4.74 Å². The van der Waals surface area contributed by atoms with Gasteiger partial charge in [-0.3, -0.25) is 0 Å². The summed E-state index contributed by atoms with van der Waals surface area (Å²) < 4.78 is 40.3. The fourth-order valence-electron chi connectivity index (χ4n) is 4.28. The van der Waals surface area contributed by atoms with Crippen molar-refractivity contribution in [1.29, 1.82) is 0 Å². The highest BCUT2D eigenvalue weighted by atomic mass is 32.2. The molecule has 1 unspecified atom stereocenters. The number of piperidine rings is 1. The summed E-state index contributed by atoms with van der Waals surface area (Å²) in [6.07, 6.45) is 4.20. The smallest absolute Gasteiger partial charge is 0.243 e. The lowest BCUT2D eigenvalue weighted by Crippen LogP contribution is -2.44. The summed E-state index contributed by atoms with van der Waals surface area (Å²) in [4.78, 5) is 9.74. The first-order valence-electron chi connectivity index (χ1n) is 11.2. The van der Waals surface area contributed by atoms with E-state index in [9.17, 15) is 8.42 Å².